The van der Waals surface area contributed by atoms with E-state index in [2.05, 4.69) is 5.32 Å². The summed E-state index contributed by atoms with van der Waals surface area (Å²) in [6, 6.07) is 6.44. The Morgan fingerprint density at radius 2 is 2.24 bits per heavy atom. The summed E-state index contributed by atoms with van der Waals surface area (Å²) >= 11 is 0. The molecule has 0 aromatic heterocycles. The average Bonchev–Trinajstić information content (AvgIpc) is 2.29. The minimum Gasteiger partial charge on any atom is -0.508 e. The van der Waals surface area contributed by atoms with Gasteiger partial charge >= 0.3 is 0 Å². The minimum atomic E-state index is -3.13. The molecule has 1 unspecified atom stereocenters. The van der Waals surface area contributed by atoms with Crippen molar-refractivity contribution in [2.24, 2.45) is 0 Å². The number of piperidine rings is 1. The highest BCUT2D eigenvalue weighted by atomic mass is 32.2. The number of benzene rings is 1. The van der Waals surface area contributed by atoms with Crippen LogP contribution < -0.4 is 5.32 Å². The second-order valence-corrected chi connectivity index (χ2v) is 6.73. The Balaban J connectivity index is 2.11. The topological polar surface area (TPSA) is 66.4 Å². The van der Waals surface area contributed by atoms with Crippen molar-refractivity contribution in [1.82, 2.24) is 5.32 Å². The monoisotopic (exact) mass is 255 g/mol. The van der Waals surface area contributed by atoms with Crippen molar-refractivity contribution in [2.75, 3.05) is 13.1 Å². The van der Waals surface area contributed by atoms with Gasteiger partial charge in [-0.2, -0.15) is 0 Å². The summed E-state index contributed by atoms with van der Waals surface area (Å²) in [7, 11) is -3.13. The van der Waals surface area contributed by atoms with Gasteiger partial charge in [0.15, 0.2) is 9.84 Å². The van der Waals surface area contributed by atoms with E-state index in [-0.39, 0.29) is 16.8 Å². The molecule has 1 saturated heterocycles. The molecule has 94 valence electrons. The van der Waals surface area contributed by atoms with Crippen LogP contribution in [0.1, 0.15) is 18.4 Å². The Kier molecular flexibility index (Phi) is 3.69. The van der Waals surface area contributed by atoms with Gasteiger partial charge in [-0.05, 0) is 37.1 Å². The number of hydrogen-bond acceptors (Lipinski definition) is 4. The number of phenolic OH excluding ortho intramolecular Hbond substituents is 1. The molecule has 2 N–H and O–H groups in total. The Morgan fingerprint density at radius 3 is 2.88 bits per heavy atom. The molecule has 5 heteroatoms. The van der Waals surface area contributed by atoms with Crippen molar-refractivity contribution in [1.29, 1.82) is 0 Å². The summed E-state index contributed by atoms with van der Waals surface area (Å²) in [6.45, 7) is 1.44. The lowest BCUT2D eigenvalue weighted by Gasteiger charge is -2.22. The highest BCUT2D eigenvalue weighted by molar-refractivity contribution is 7.91. The van der Waals surface area contributed by atoms with E-state index >= 15 is 0 Å². The van der Waals surface area contributed by atoms with Crippen LogP contribution in [0, 0.1) is 0 Å². The van der Waals surface area contributed by atoms with Gasteiger partial charge in [0, 0.05) is 6.54 Å². The van der Waals surface area contributed by atoms with E-state index in [9.17, 15) is 13.5 Å². The van der Waals surface area contributed by atoms with Crippen molar-refractivity contribution in [3.05, 3.63) is 29.8 Å². The van der Waals surface area contributed by atoms with Crippen LogP contribution in [0.5, 0.6) is 5.75 Å². The molecule has 1 aliphatic heterocycles. The third-order valence-corrected chi connectivity index (χ3v) is 5.19. The fourth-order valence-electron chi connectivity index (χ4n) is 2.12. The van der Waals surface area contributed by atoms with Crippen LogP contribution in [0.2, 0.25) is 0 Å². The maximum absolute atomic E-state index is 12.1. The SMILES string of the molecule is O=S(=O)(Cc1cccc(O)c1)C1CCCNC1. The molecule has 1 heterocycles. The smallest absolute Gasteiger partial charge is 0.158 e. The van der Waals surface area contributed by atoms with E-state index in [4.69, 9.17) is 0 Å². The van der Waals surface area contributed by atoms with Crippen LogP contribution in [0.3, 0.4) is 0 Å². The number of nitrogens with one attached hydrogen (secondary N) is 1. The van der Waals surface area contributed by atoms with Gasteiger partial charge in [-0.25, -0.2) is 8.42 Å². The predicted molar refractivity (Wildman–Crippen MR) is 66.6 cm³/mol. The Labute approximate surface area is 102 Å². The first-order chi connectivity index (χ1) is 8.08. The molecule has 0 bridgehead atoms. The summed E-state index contributed by atoms with van der Waals surface area (Å²) in [5.74, 6) is 0.118. The van der Waals surface area contributed by atoms with Crippen LogP contribution in [-0.2, 0) is 15.6 Å². The van der Waals surface area contributed by atoms with E-state index in [0.29, 0.717) is 12.1 Å². The molecular formula is C12H17NO3S. The molecule has 1 aromatic carbocycles. The van der Waals surface area contributed by atoms with E-state index in [1.807, 2.05) is 0 Å². The second-order valence-electron chi connectivity index (χ2n) is 4.45. The van der Waals surface area contributed by atoms with Gasteiger partial charge in [-0.1, -0.05) is 12.1 Å². The first kappa shape index (κ1) is 12.4. The van der Waals surface area contributed by atoms with Crippen LogP contribution in [0.4, 0.5) is 0 Å². The van der Waals surface area contributed by atoms with E-state index < -0.39 is 9.84 Å². The van der Waals surface area contributed by atoms with Crippen LogP contribution in [0.15, 0.2) is 24.3 Å². The maximum Gasteiger partial charge on any atom is 0.158 e. The molecule has 2 rings (SSSR count). The van der Waals surface area contributed by atoms with Gasteiger partial charge in [-0.15, -0.1) is 0 Å². The molecule has 1 aromatic rings. The van der Waals surface area contributed by atoms with Crippen molar-refractivity contribution in [3.63, 3.8) is 0 Å². The van der Waals surface area contributed by atoms with Crippen molar-refractivity contribution < 1.29 is 13.5 Å². The molecule has 1 aliphatic rings. The van der Waals surface area contributed by atoms with Gasteiger partial charge in [0.05, 0.1) is 11.0 Å². The summed E-state index contributed by atoms with van der Waals surface area (Å²) < 4.78 is 24.3. The number of rotatable bonds is 3. The molecular weight excluding hydrogens is 238 g/mol. The fraction of sp³-hybridized carbons (Fsp3) is 0.500. The normalized spacial score (nSPS) is 21.3. The predicted octanol–water partition coefficient (Wildman–Crippen LogP) is 1.06. The lowest BCUT2D eigenvalue weighted by Crippen LogP contribution is -2.39. The molecule has 1 atom stereocenters. The number of hydrogen-bond donors (Lipinski definition) is 2. The molecule has 0 saturated carbocycles. The summed E-state index contributed by atoms with van der Waals surface area (Å²) in [5.41, 5.74) is 0.649. The Morgan fingerprint density at radius 1 is 1.41 bits per heavy atom. The highest BCUT2D eigenvalue weighted by Crippen LogP contribution is 2.19. The third kappa shape index (κ3) is 3.20. The zero-order valence-electron chi connectivity index (χ0n) is 9.59. The average molecular weight is 255 g/mol. The van der Waals surface area contributed by atoms with Crippen LogP contribution >= 0.6 is 0 Å². The molecule has 0 radical (unpaired) electrons. The maximum atomic E-state index is 12.1. The Bertz CT molecular complexity index is 478. The molecule has 4 nitrogen and oxygen atoms in total. The van der Waals surface area contributed by atoms with E-state index in [1.54, 1.807) is 12.1 Å². The second kappa shape index (κ2) is 5.06. The van der Waals surface area contributed by atoms with Crippen LogP contribution in [0.25, 0.3) is 0 Å². The Hall–Kier alpha value is -1.07. The lowest BCUT2D eigenvalue weighted by molar-refractivity contribution is 0.474. The molecule has 0 amide bonds. The highest BCUT2D eigenvalue weighted by Gasteiger charge is 2.27. The van der Waals surface area contributed by atoms with Gasteiger partial charge in [0.25, 0.3) is 0 Å². The summed E-state index contributed by atoms with van der Waals surface area (Å²) in [4.78, 5) is 0. The van der Waals surface area contributed by atoms with Gasteiger partial charge in [0.1, 0.15) is 5.75 Å². The molecule has 0 spiro atoms. The molecule has 1 fully saturated rings. The zero-order chi connectivity index (χ0) is 12.3. The van der Waals surface area contributed by atoms with E-state index in [1.165, 1.54) is 12.1 Å². The number of sulfone groups is 1. The van der Waals surface area contributed by atoms with Crippen LogP contribution in [-0.4, -0.2) is 31.9 Å². The standard InChI is InChI=1S/C12H17NO3S/c14-11-4-1-3-10(7-11)9-17(15,16)12-5-2-6-13-8-12/h1,3-4,7,12-14H,2,5-6,8-9H2. The first-order valence-corrected chi connectivity index (χ1v) is 7.50. The summed E-state index contributed by atoms with van der Waals surface area (Å²) in [6.07, 6.45) is 1.64. The van der Waals surface area contributed by atoms with Gasteiger partial charge < -0.3 is 10.4 Å². The van der Waals surface area contributed by atoms with E-state index in [0.717, 1.165) is 19.4 Å². The molecule has 17 heavy (non-hydrogen) atoms. The fourth-order valence-corrected chi connectivity index (χ4v) is 3.90. The quantitative estimate of drug-likeness (QED) is 0.847. The largest absolute Gasteiger partial charge is 0.508 e. The summed E-state index contributed by atoms with van der Waals surface area (Å²) in [5, 5.41) is 12.1. The number of aromatic hydroxyl groups is 1. The van der Waals surface area contributed by atoms with Gasteiger partial charge in [0.2, 0.25) is 0 Å². The first-order valence-electron chi connectivity index (χ1n) is 5.78. The number of phenols is 1. The zero-order valence-corrected chi connectivity index (χ0v) is 10.4. The van der Waals surface area contributed by atoms with Crippen molar-refractivity contribution in [2.45, 2.75) is 23.8 Å². The van der Waals surface area contributed by atoms with Crippen molar-refractivity contribution >= 4 is 9.84 Å². The molecule has 0 aliphatic carbocycles. The third-order valence-electron chi connectivity index (χ3n) is 3.04. The van der Waals surface area contributed by atoms with Crippen molar-refractivity contribution in [3.8, 4) is 5.75 Å². The van der Waals surface area contributed by atoms with Gasteiger partial charge in [-0.3, -0.25) is 0 Å². The minimum absolute atomic E-state index is 0.00769. The lowest BCUT2D eigenvalue weighted by atomic mass is 10.2.